The number of rotatable bonds is 18. The van der Waals surface area contributed by atoms with Gasteiger partial charge in [-0.05, 0) is 148 Å². The van der Waals surface area contributed by atoms with Crippen LogP contribution in [-0.4, -0.2) is 143 Å². The normalized spacial score (nSPS) is 24.3. The number of unbranched alkanes of at least 4 members (excludes halogenated alkanes) is 2. The van der Waals surface area contributed by atoms with Crippen LogP contribution in [0.2, 0.25) is 0 Å². The van der Waals surface area contributed by atoms with Crippen LogP contribution in [0, 0.1) is 11.8 Å². The second-order valence-corrected chi connectivity index (χ2v) is 26.1. The number of nitrogens with one attached hydrogen (secondary N) is 8. The van der Waals surface area contributed by atoms with E-state index >= 15 is 9.59 Å². The number of halogens is 6. The monoisotopic (exact) mass is 1370 g/mol. The molecule has 3 heterocycles. The molecule has 0 radical (unpaired) electrons. The topological polar surface area (TPSA) is 325 Å². The summed E-state index contributed by atoms with van der Waals surface area (Å²) in [6.45, 7) is 7.27. The first kappa shape index (κ1) is 76.4. The lowest BCUT2D eigenvalue weighted by atomic mass is 9.99. The van der Waals surface area contributed by atoms with Crippen molar-refractivity contribution in [3.05, 3.63) is 143 Å². The van der Waals surface area contributed by atoms with Gasteiger partial charge < -0.3 is 63.8 Å². The van der Waals surface area contributed by atoms with Gasteiger partial charge in [0.1, 0.15) is 60.4 Å². The number of carbonyl (C=O) groups is 10. The zero-order chi connectivity index (χ0) is 71.4. The standard InChI is InChI=1S/C70H90F6N12O10/c1-41(2)37-51-61(91)83-53(39-43-17-7-5-8-18-43)67(97)87-35-15-23-55(87)63(93)86-58(46-27-31-48(32-28-46)70(74,75)76)66(96)80-50(22-12-14-34-78)60(90)82-52(38-42(3)4)62(92)84-54(40-44-19-9-6-10-20-44)68(98)88-36-16-24-56(88)64(94)85-57(45-25-29-47(30-26-45)69(71,72)73)65(95)79-49(59(89)81-51)21-11-13-33-77/h5-10,17-20,25-32,41-42,49-58H,11-16,21-24,33-40,77-78H2,1-4H3,(H,79,95)(H,80,96)(H,81,89)(H,82,90)(H,83,91)(H,84,92)(H,85,94)(H,86,93)/t49-,50-,51-,52-,53+,54+,55-,56-,57?,58?/m0/s1. The first-order chi connectivity index (χ1) is 46.6. The van der Waals surface area contributed by atoms with E-state index in [1.807, 2.05) is 0 Å². The molecular formula is C70H90F6N12O10. The van der Waals surface area contributed by atoms with E-state index in [-0.39, 0.29) is 126 Å². The maximum atomic E-state index is 15.2. The van der Waals surface area contributed by atoms with Gasteiger partial charge in [0.15, 0.2) is 0 Å². The minimum Gasteiger partial charge on any atom is -0.343 e. The fraction of sp³-hybridized carbons (Fsp3) is 0.514. The van der Waals surface area contributed by atoms with Crippen molar-refractivity contribution in [3.8, 4) is 0 Å². The third-order valence-electron chi connectivity index (χ3n) is 17.6. The number of nitrogens with two attached hydrogens (primary N) is 2. The smallest absolute Gasteiger partial charge is 0.343 e. The minimum absolute atomic E-state index is 0.0114. The lowest BCUT2D eigenvalue weighted by Crippen LogP contribution is -2.60. The Labute approximate surface area is 566 Å². The maximum Gasteiger partial charge on any atom is 0.416 e. The molecule has 532 valence electrons. The molecular weight excluding hydrogens is 1280 g/mol. The van der Waals surface area contributed by atoms with Crippen molar-refractivity contribution in [2.45, 2.75) is 190 Å². The fourth-order valence-electron chi connectivity index (χ4n) is 12.4. The van der Waals surface area contributed by atoms with Crippen LogP contribution in [0.25, 0.3) is 0 Å². The van der Waals surface area contributed by atoms with E-state index in [0.29, 0.717) is 48.2 Å². The molecule has 22 nitrogen and oxygen atoms in total. The second kappa shape index (κ2) is 35.5. The predicted molar refractivity (Wildman–Crippen MR) is 351 cm³/mol. The molecule has 4 aromatic carbocycles. The SMILES string of the molecule is CC(C)C[C@@H]1NC(=O)[C@H](CCCCN)NC(=O)C(c2ccc(C(F)(F)F)cc2)NC(=O)[C@@H]2CCCN2C(=O)[C@@H](Cc2ccccc2)NC(=O)[C@H](CC(C)C)NC(=O)[C@H](CCCCN)NC(=O)C(c2ccc(C(F)(F)F)cc2)NC(=O)[C@@H]2CCCN2C(=O)[C@@H](Cc2ccccc2)NC1=O. The summed E-state index contributed by atoms with van der Waals surface area (Å²) in [5.74, 6) is -9.66. The maximum absolute atomic E-state index is 15.2. The number of alkyl halides is 6. The number of hydrogen-bond donors (Lipinski definition) is 10. The third-order valence-corrected chi connectivity index (χ3v) is 17.6. The van der Waals surface area contributed by atoms with Crippen LogP contribution in [-0.2, 0) is 73.1 Å². The van der Waals surface area contributed by atoms with Crippen LogP contribution >= 0.6 is 0 Å². The molecule has 4 aromatic rings. The number of hydrogen-bond acceptors (Lipinski definition) is 12. The average Bonchev–Trinajstić information content (AvgIpc) is 1.45. The molecule has 3 fully saturated rings. The number of amides is 10. The van der Waals surface area contributed by atoms with E-state index in [1.54, 1.807) is 88.4 Å². The Morgan fingerprint density at radius 1 is 0.398 bits per heavy atom. The summed E-state index contributed by atoms with van der Waals surface area (Å²) in [6, 6.07) is 8.76. The molecule has 10 atom stereocenters. The number of carbonyl (C=O) groups excluding carboxylic acids is 10. The Bertz CT molecular complexity index is 3160. The van der Waals surface area contributed by atoms with E-state index in [1.165, 1.54) is 9.80 Å². The average molecular weight is 1370 g/mol. The molecule has 28 heteroatoms. The quantitative estimate of drug-likeness (QED) is 0.0438. The van der Waals surface area contributed by atoms with Crippen LogP contribution in [0.15, 0.2) is 109 Å². The zero-order valence-electron chi connectivity index (χ0n) is 55.4. The highest BCUT2D eigenvalue weighted by Gasteiger charge is 2.44. The summed E-state index contributed by atoms with van der Waals surface area (Å²) < 4.78 is 84.3. The van der Waals surface area contributed by atoms with E-state index in [4.69, 9.17) is 11.5 Å². The fourth-order valence-corrected chi connectivity index (χ4v) is 12.4. The molecule has 0 aromatic heterocycles. The Kier molecular flexibility index (Phi) is 27.7. The molecule has 3 saturated heterocycles. The Hall–Kier alpha value is -8.92. The van der Waals surface area contributed by atoms with Crippen molar-refractivity contribution in [1.82, 2.24) is 52.3 Å². The van der Waals surface area contributed by atoms with Gasteiger partial charge >= 0.3 is 12.4 Å². The molecule has 10 amide bonds. The molecule has 98 heavy (non-hydrogen) atoms. The number of nitrogens with zero attached hydrogens (tertiary/aromatic N) is 2. The van der Waals surface area contributed by atoms with Crippen molar-refractivity contribution in [2.24, 2.45) is 23.3 Å². The number of benzene rings is 4. The van der Waals surface area contributed by atoms with Gasteiger partial charge in [-0.15, -0.1) is 0 Å². The molecule has 7 rings (SSSR count). The molecule has 2 unspecified atom stereocenters. The van der Waals surface area contributed by atoms with Crippen molar-refractivity contribution in [1.29, 1.82) is 0 Å². The summed E-state index contributed by atoms with van der Waals surface area (Å²) in [5, 5.41) is 21.7. The highest BCUT2D eigenvalue weighted by atomic mass is 19.4. The summed E-state index contributed by atoms with van der Waals surface area (Å²) in [7, 11) is 0. The van der Waals surface area contributed by atoms with Crippen molar-refractivity contribution < 1.29 is 74.3 Å². The summed E-state index contributed by atoms with van der Waals surface area (Å²) in [5.41, 5.74) is 10.4. The van der Waals surface area contributed by atoms with Crippen LogP contribution in [0.5, 0.6) is 0 Å². The third kappa shape index (κ3) is 21.5. The van der Waals surface area contributed by atoms with Gasteiger partial charge in [-0.1, -0.05) is 113 Å². The molecule has 3 aliphatic rings. The van der Waals surface area contributed by atoms with E-state index in [9.17, 15) is 64.7 Å². The van der Waals surface area contributed by atoms with Crippen LogP contribution in [0.4, 0.5) is 26.3 Å². The van der Waals surface area contributed by atoms with E-state index in [0.717, 1.165) is 24.3 Å². The highest BCUT2D eigenvalue weighted by molar-refractivity contribution is 6.00. The highest BCUT2D eigenvalue weighted by Crippen LogP contribution is 2.33. The first-order valence-electron chi connectivity index (χ1n) is 33.4. The lowest BCUT2D eigenvalue weighted by Gasteiger charge is -2.32. The number of fused-ring (bicyclic) bond motifs is 2. The minimum atomic E-state index is -4.81. The van der Waals surface area contributed by atoms with E-state index in [2.05, 4.69) is 42.5 Å². The van der Waals surface area contributed by atoms with Gasteiger partial charge in [0.2, 0.25) is 59.1 Å². The molecule has 12 N–H and O–H groups in total. The zero-order valence-corrected chi connectivity index (χ0v) is 55.4. The van der Waals surface area contributed by atoms with Gasteiger partial charge in [-0.25, -0.2) is 0 Å². The largest absolute Gasteiger partial charge is 0.416 e. The van der Waals surface area contributed by atoms with Crippen LogP contribution in [0.1, 0.15) is 150 Å². The van der Waals surface area contributed by atoms with Crippen LogP contribution in [0.3, 0.4) is 0 Å². The summed E-state index contributed by atoms with van der Waals surface area (Å²) in [4.78, 5) is 152. The summed E-state index contributed by atoms with van der Waals surface area (Å²) in [6.07, 6.45) is -8.61. The predicted octanol–water partition coefficient (Wildman–Crippen LogP) is 5.48. The summed E-state index contributed by atoms with van der Waals surface area (Å²) >= 11 is 0. The molecule has 0 spiro atoms. The Balaban J connectivity index is 1.35. The first-order valence-corrected chi connectivity index (χ1v) is 33.4. The Morgan fingerprint density at radius 2 is 0.714 bits per heavy atom. The molecule has 0 aliphatic carbocycles. The van der Waals surface area contributed by atoms with Crippen molar-refractivity contribution >= 4 is 59.1 Å². The van der Waals surface area contributed by atoms with Crippen LogP contribution < -0.4 is 54.0 Å². The lowest BCUT2D eigenvalue weighted by molar-refractivity contribution is -0.143. The van der Waals surface area contributed by atoms with Crippen molar-refractivity contribution in [3.63, 3.8) is 0 Å². The molecule has 0 saturated carbocycles. The van der Waals surface area contributed by atoms with Gasteiger partial charge in [0.25, 0.3) is 0 Å². The molecule has 0 bridgehead atoms. The Morgan fingerprint density at radius 3 is 1.03 bits per heavy atom. The van der Waals surface area contributed by atoms with Gasteiger partial charge in [-0.3, -0.25) is 47.9 Å². The second-order valence-electron chi connectivity index (χ2n) is 26.1. The van der Waals surface area contributed by atoms with Gasteiger partial charge in [-0.2, -0.15) is 26.3 Å². The van der Waals surface area contributed by atoms with Gasteiger partial charge in [0.05, 0.1) is 11.1 Å². The molecule has 3 aliphatic heterocycles. The van der Waals surface area contributed by atoms with Crippen molar-refractivity contribution in [2.75, 3.05) is 26.2 Å². The van der Waals surface area contributed by atoms with E-state index < -0.39 is 143 Å². The van der Waals surface area contributed by atoms with Gasteiger partial charge in [0, 0.05) is 25.9 Å².